The van der Waals surface area contributed by atoms with E-state index in [1.807, 2.05) is 14.1 Å². The zero-order valence-electron chi connectivity index (χ0n) is 10.4. The molecule has 18 heavy (non-hydrogen) atoms. The number of benzene rings is 1. The summed E-state index contributed by atoms with van der Waals surface area (Å²) < 4.78 is 7.98. The van der Waals surface area contributed by atoms with Gasteiger partial charge in [-0.05, 0) is 44.0 Å². The molecule has 0 aliphatic heterocycles. The van der Waals surface area contributed by atoms with Crippen LogP contribution in [-0.2, 0) is 0 Å². The zero-order valence-corrected chi connectivity index (χ0v) is 13.6. The number of halogens is 2. The molecule has 0 amide bonds. The maximum Gasteiger partial charge on any atom is 0.166 e. The van der Waals surface area contributed by atoms with E-state index in [2.05, 4.69) is 37.9 Å². The summed E-state index contributed by atoms with van der Waals surface area (Å²) in [6.45, 7) is 1.76. The quantitative estimate of drug-likeness (QED) is 0.487. The highest BCUT2D eigenvalue weighted by Gasteiger charge is 2.15. The van der Waals surface area contributed by atoms with Gasteiger partial charge in [0.2, 0.25) is 0 Å². The van der Waals surface area contributed by atoms with Crippen LogP contribution in [0, 0.1) is 11.3 Å². The topological polar surface area (TPSA) is 59.0 Å². The molecular weight excluding hydrogens is 362 g/mol. The van der Waals surface area contributed by atoms with Gasteiger partial charge in [-0.3, -0.25) is 0 Å². The molecule has 4 nitrogen and oxygen atoms in total. The lowest BCUT2D eigenvalue weighted by Crippen LogP contribution is -2.43. The second-order valence-electron chi connectivity index (χ2n) is 4.64. The van der Waals surface area contributed by atoms with E-state index in [1.54, 1.807) is 12.1 Å². The maximum atomic E-state index is 8.70. The molecule has 0 aliphatic carbocycles. The van der Waals surface area contributed by atoms with Crippen LogP contribution >= 0.6 is 31.9 Å². The van der Waals surface area contributed by atoms with Gasteiger partial charge in [-0.2, -0.15) is 5.26 Å². The minimum absolute atomic E-state index is 0.466. The summed E-state index contributed by atoms with van der Waals surface area (Å²) in [6, 6.07) is 5.77. The number of nitriles is 1. The predicted molar refractivity (Wildman–Crippen MR) is 79.2 cm³/mol. The number of nitrogens with two attached hydrogens (primary N) is 1. The number of anilines is 1. The van der Waals surface area contributed by atoms with E-state index in [1.165, 1.54) is 0 Å². The lowest BCUT2D eigenvalue weighted by atomic mass is 10.3. The van der Waals surface area contributed by atoms with Crippen LogP contribution in [-0.4, -0.2) is 38.3 Å². The molecule has 0 aliphatic rings. The molecule has 2 N–H and O–H groups in total. The van der Waals surface area contributed by atoms with E-state index in [0.717, 1.165) is 21.2 Å². The molecule has 0 bridgehead atoms. The van der Waals surface area contributed by atoms with Crippen molar-refractivity contribution in [2.24, 2.45) is 0 Å². The minimum atomic E-state index is 0.466. The van der Waals surface area contributed by atoms with Crippen LogP contribution in [0.4, 0.5) is 5.69 Å². The summed E-state index contributed by atoms with van der Waals surface area (Å²) >= 11 is 6.83. The normalized spacial score (nSPS) is 11.1. The summed E-state index contributed by atoms with van der Waals surface area (Å²) in [5.41, 5.74) is 6.38. The highest BCUT2D eigenvalue weighted by molar-refractivity contribution is 9.11. The third-order valence-electron chi connectivity index (χ3n) is 2.46. The average molecular weight is 378 g/mol. The van der Waals surface area contributed by atoms with Crippen molar-refractivity contribution in [3.8, 4) is 11.8 Å². The molecule has 1 aromatic carbocycles. The Balaban J connectivity index is 2.63. The SMILES string of the molecule is C[N+](C)(CC#N)CCOc1c(Br)cc(N)cc1Br. The van der Waals surface area contributed by atoms with Crippen LogP contribution in [0.2, 0.25) is 0 Å². The lowest BCUT2D eigenvalue weighted by Gasteiger charge is -2.26. The summed E-state index contributed by atoms with van der Waals surface area (Å²) in [7, 11) is 4.00. The number of rotatable bonds is 5. The first-order valence-electron chi connectivity index (χ1n) is 5.42. The number of likely N-dealkylation sites (N-methyl/N-ethyl adjacent to an activating group) is 1. The molecule has 0 spiro atoms. The van der Waals surface area contributed by atoms with Gasteiger partial charge in [-0.1, -0.05) is 0 Å². The van der Waals surface area contributed by atoms with Gasteiger partial charge in [-0.25, -0.2) is 0 Å². The van der Waals surface area contributed by atoms with E-state index in [-0.39, 0.29) is 0 Å². The third kappa shape index (κ3) is 4.48. The van der Waals surface area contributed by atoms with Crippen molar-refractivity contribution in [1.82, 2.24) is 0 Å². The van der Waals surface area contributed by atoms with Crippen LogP contribution in [0.3, 0.4) is 0 Å². The fourth-order valence-electron chi connectivity index (χ4n) is 1.38. The van der Waals surface area contributed by atoms with E-state index < -0.39 is 0 Å². The second-order valence-corrected chi connectivity index (χ2v) is 6.35. The molecule has 6 heteroatoms. The number of hydrogen-bond donors (Lipinski definition) is 1. The number of nitrogens with zero attached hydrogens (tertiary/aromatic N) is 2. The highest BCUT2D eigenvalue weighted by atomic mass is 79.9. The monoisotopic (exact) mass is 376 g/mol. The minimum Gasteiger partial charge on any atom is -0.485 e. The molecule has 0 saturated heterocycles. The Hall–Kier alpha value is -0.770. The van der Waals surface area contributed by atoms with Crippen LogP contribution in [0.15, 0.2) is 21.1 Å². The molecule has 0 aromatic heterocycles. The van der Waals surface area contributed by atoms with E-state index in [4.69, 9.17) is 15.7 Å². The van der Waals surface area contributed by atoms with Crippen molar-refractivity contribution in [1.29, 1.82) is 5.26 Å². The molecule has 0 radical (unpaired) electrons. The van der Waals surface area contributed by atoms with Crippen molar-refractivity contribution < 1.29 is 9.22 Å². The average Bonchev–Trinajstić information content (AvgIpc) is 2.21. The molecular formula is C12H16Br2N3O+. The van der Waals surface area contributed by atoms with E-state index in [9.17, 15) is 0 Å². The number of hydrogen-bond acceptors (Lipinski definition) is 3. The Labute approximate surface area is 124 Å². The third-order valence-corrected chi connectivity index (χ3v) is 3.64. The van der Waals surface area contributed by atoms with Gasteiger partial charge in [0, 0.05) is 5.69 Å². The first-order valence-corrected chi connectivity index (χ1v) is 7.00. The Morgan fingerprint density at radius 1 is 1.33 bits per heavy atom. The molecule has 0 saturated carbocycles. The molecule has 0 fully saturated rings. The maximum absolute atomic E-state index is 8.70. The van der Waals surface area contributed by atoms with Crippen molar-refractivity contribution in [2.45, 2.75) is 0 Å². The zero-order chi connectivity index (χ0) is 13.8. The Morgan fingerprint density at radius 3 is 2.39 bits per heavy atom. The number of ether oxygens (including phenoxy) is 1. The summed E-state index contributed by atoms with van der Waals surface area (Å²) in [6.07, 6.45) is 0. The van der Waals surface area contributed by atoms with Gasteiger partial charge in [0.25, 0.3) is 0 Å². The highest BCUT2D eigenvalue weighted by Crippen LogP contribution is 2.35. The first kappa shape index (κ1) is 15.3. The van der Waals surface area contributed by atoms with E-state index >= 15 is 0 Å². The predicted octanol–water partition coefficient (Wildman–Crippen LogP) is 2.77. The summed E-state index contributed by atoms with van der Waals surface area (Å²) in [4.78, 5) is 0. The molecule has 98 valence electrons. The van der Waals surface area contributed by atoms with Gasteiger partial charge >= 0.3 is 0 Å². The summed E-state index contributed by atoms with van der Waals surface area (Å²) in [5.74, 6) is 0.737. The largest absolute Gasteiger partial charge is 0.485 e. The fraction of sp³-hybridized carbons (Fsp3) is 0.417. The molecule has 1 rings (SSSR count). The molecule has 1 aromatic rings. The van der Waals surface area contributed by atoms with Gasteiger partial charge in [0.1, 0.15) is 25.0 Å². The fourth-order valence-corrected chi connectivity index (χ4v) is 2.83. The van der Waals surface area contributed by atoms with Crippen molar-refractivity contribution in [3.63, 3.8) is 0 Å². The van der Waals surface area contributed by atoms with Gasteiger partial charge in [-0.15, -0.1) is 0 Å². The van der Waals surface area contributed by atoms with Crippen LogP contribution < -0.4 is 10.5 Å². The van der Waals surface area contributed by atoms with Gasteiger partial charge < -0.3 is 15.0 Å². The van der Waals surface area contributed by atoms with Crippen LogP contribution in [0.5, 0.6) is 5.75 Å². The standard InChI is InChI=1S/C12H16Br2N3O/c1-17(2,4-3-15)5-6-18-12-10(13)7-9(16)8-11(12)14/h7-8H,4-6,16H2,1-2H3/q+1. The Bertz CT molecular complexity index is 446. The van der Waals surface area contributed by atoms with Gasteiger partial charge in [0.05, 0.1) is 23.0 Å². The summed E-state index contributed by atoms with van der Waals surface area (Å²) in [5, 5.41) is 8.70. The van der Waals surface area contributed by atoms with Crippen molar-refractivity contribution in [3.05, 3.63) is 21.1 Å². The number of quaternary nitrogens is 1. The Kier molecular flexibility index (Phi) is 5.45. The lowest BCUT2D eigenvalue weighted by molar-refractivity contribution is -0.883. The second kappa shape index (κ2) is 6.41. The molecule has 0 unspecified atom stereocenters. The van der Waals surface area contributed by atoms with Gasteiger partial charge in [0.15, 0.2) is 6.54 Å². The molecule has 0 heterocycles. The molecule has 0 atom stereocenters. The van der Waals surface area contributed by atoms with Crippen LogP contribution in [0.25, 0.3) is 0 Å². The Morgan fingerprint density at radius 2 is 1.89 bits per heavy atom. The van der Waals surface area contributed by atoms with Crippen molar-refractivity contribution >= 4 is 37.5 Å². The van der Waals surface area contributed by atoms with Crippen LogP contribution in [0.1, 0.15) is 0 Å². The number of nitrogen functional groups attached to an aromatic ring is 1. The smallest absolute Gasteiger partial charge is 0.166 e. The van der Waals surface area contributed by atoms with E-state index in [0.29, 0.717) is 23.3 Å². The first-order chi connectivity index (χ1) is 8.35. The van der Waals surface area contributed by atoms with Crippen molar-refractivity contribution in [2.75, 3.05) is 39.5 Å².